The zero-order valence-corrected chi connectivity index (χ0v) is 12.3. The highest BCUT2D eigenvalue weighted by Gasteiger charge is 2.31. The summed E-state index contributed by atoms with van der Waals surface area (Å²) >= 11 is 0. The highest BCUT2D eigenvalue weighted by molar-refractivity contribution is 5.76. The Labute approximate surface area is 134 Å². The van der Waals surface area contributed by atoms with Crippen LogP contribution in [-0.4, -0.2) is 46.6 Å². The smallest absolute Gasteiger partial charge is 0.465 e. The minimum absolute atomic E-state index is 0.0143. The van der Waals surface area contributed by atoms with E-state index in [1.165, 1.54) is 11.0 Å². The number of fused-ring (bicyclic) bond motifs is 1. The number of nitrogens with one attached hydrogen (secondary N) is 1. The van der Waals surface area contributed by atoms with E-state index in [1.807, 2.05) is 0 Å². The predicted octanol–water partition coefficient (Wildman–Crippen LogP) is 3.28. The molecule has 1 aliphatic rings. The second-order valence-electron chi connectivity index (χ2n) is 5.38. The summed E-state index contributed by atoms with van der Waals surface area (Å²) < 4.78 is 45.9. The Hall–Kier alpha value is -2.65. The van der Waals surface area contributed by atoms with E-state index in [2.05, 4.69) is 15.0 Å². The van der Waals surface area contributed by atoms with Gasteiger partial charge in [-0.2, -0.15) is 4.98 Å². The number of alkyl halides is 3. The molecule has 1 aromatic heterocycles. The lowest BCUT2D eigenvalue weighted by molar-refractivity contribution is -0.274. The van der Waals surface area contributed by atoms with Crippen LogP contribution in [-0.2, 0) is 0 Å². The largest absolute Gasteiger partial charge is 0.573 e. The van der Waals surface area contributed by atoms with Crippen LogP contribution in [0.5, 0.6) is 5.75 Å². The van der Waals surface area contributed by atoms with Crippen molar-refractivity contribution in [1.29, 1.82) is 0 Å². The standard InChI is InChI=1S/C14H14F3N3O4/c15-14(16,17)24-9-1-2-11-10(7-9)19-12(23-11)18-8-3-5-20(6-4-8)13(21)22/h1-2,7-8H,3-6H2,(H,18,19)(H,21,22). The number of anilines is 1. The highest BCUT2D eigenvalue weighted by atomic mass is 19.4. The van der Waals surface area contributed by atoms with E-state index in [0.29, 0.717) is 31.5 Å². The number of aromatic nitrogens is 1. The zero-order chi connectivity index (χ0) is 17.3. The van der Waals surface area contributed by atoms with Gasteiger partial charge < -0.3 is 24.5 Å². The number of amides is 1. The second-order valence-corrected chi connectivity index (χ2v) is 5.38. The van der Waals surface area contributed by atoms with Crippen molar-refractivity contribution in [2.24, 2.45) is 0 Å². The number of hydrogen-bond acceptors (Lipinski definition) is 5. The molecule has 0 atom stereocenters. The van der Waals surface area contributed by atoms with Gasteiger partial charge in [0.05, 0.1) is 0 Å². The van der Waals surface area contributed by atoms with Crippen LogP contribution in [0.15, 0.2) is 22.6 Å². The SMILES string of the molecule is O=C(O)N1CCC(Nc2nc3cc(OC(F)(F)F)ccc3o2)CC1. The van der Waals surface area contributed by atoms with Crippen LogP contribution in [0.4, 0.5) is 24.0 Å². The number of ether oxygens (including phenoxy) is 1. The predicted molar refractivity (Wildman–Crippen MR) is 76.9 cm³/mol. The third kappa shape index (κ3) is 3.81. The lowest BCUT2D eigenvalue weighted by atomic mass is 10.1. The van der Waals surface area contributed by atoms with Crippen molar-refractivity contribution in [2.45, 2.75) is 25.2 Å². The highest BCUT2D eigenvalue weighted by Crippen LogP contribution is 2.28. The minimum Gasteiger partial charge on any atom is -0.465 e. The number of rotatable bonds is 3. The van der Waals surface area contributed by atoms with Gasteiger partial charge in [0.2, 0.25) is 0 Å². The number of piperidine rings is 1. The molecule has 0 spiro atoms. The molecule has 130 valence electrons. The van der Waals surface area contributed by atoms with Gasteiger partial charge in [0.1, 0.15) is 11.3 Å². The summed E-state index contributed by atoms with van der Waals surface area (Å²) in [6.07, 6.45) is -4.54. The van der Waals surface area contributed by atoms with Gasteiger partial charge >= 0.3 is 12.5 Å². The third-order valence-corrected chi connectivity index (χ3v) is 3.69. The molecule has 1 fully saturated rings. The average Bonchev–Trinajstić information content (AvgIpc) is 2.87. The molecule has 7 nitrogen and oxygen atoms in total. The van der Waals surface area contributed by atoms with E-state index >= 15 is 0 Å². The first kappa shape index (κ1) is 16.2. The molecule has 0 bridgehead atoms. The van der Waals surface area contributed by atoms with E-state index in [9.17, 15) is 18.0 Å². The molecule has 2 N–H and O–H groups in total. The number of halogens is 3. The number of oxazole rings is 1. The first-order valence-electron chi connectivity index (χ1n) is 7.21. The summed E-state index contributed by atoms with van der Waals surface area (Å²) in [7, 11) is 0. The molecular weight excluding hydrogens is 331 g/mol. The van der Waals surface area contributed by atoms with Gasteiger partial charge in [0, 0.05) is 25.2 Å². The van der Waals surface area contributed by atoms with E-state index in [4.69, 9.17) is 9.52 Å². The van der Waals surface area contributed by atoms with Gasteiger partial charge in [-0.1, -0.05) is 0 Å². The molecule has 10 heteroatoms. The van der Waals surface area contributed by atoms with Crippen LogP contribution in [0.2, 0.25) is 0 Å². The van der Waals surface area contributed by atoms with Crippen LogP contribution in [0.25, 0.3) is 11.1 Å². The molecule has 0 saturated carbocycles. The first-order chi connectivity index (χ1) is 11.3. The summed E-state index contributed by atoms with van der Waals surface area (Å²) in [4.78, 5) is 16.3. The fourth-order valence-electron chi connectivity index (χ4n) is 2.56. The Kier molecular flexibility index (Phi) is 4.12. The summed E-state index contributed by atoms with van der Waals surface area (Å²) in [5, 5.41) is 11.9. The summed E-state index contributed by atoms with van der Waals surface area (Å²) in [5.41, 5.74) is 0.567. The summed E-state index contributed by atoms with van der Waals surface area (Å²) in [6.45, 7) is 0.799. The summed E-state index contributed by atoms with van der Waals surface area (Å²) in [5.74, 6) is -0.371. The Bertz CT molecular complexity index is 738. The molecule has 1 aromatic carbocycles. The molecule has 0 unspecified atom stereocenters. The average molecular weight is 345 g/mol. The number of hydrogen-bond donors (Lipinski definition) is 2. The Morgan fingerprint density at radius 2 is 2.08 bits per heavy atom. The lowest BCUT2D eigenvalue weighted by Gasteiger charge is -2.29. The van der Waals surface area contributed by atoms with E-state index < -0.39 is 12.5 Å². The molecule has 24 heavy (non-hydrogen) atoms. The van der Waals surface area contributed by atoms with Gasteiger partial charge in [-0.25, -0.2) is 4.79 Å². The minimum atomic E-state index is -4.77. The Morgan fingerprint density at radius 1 is 1.38 bits per heavy atom. The first-order valence-corrected chi connectivity index (χ1v) is 7.21. The summed E-state index contributed by atoms with van der Waals surface area (Å²) in [6, 6.07) is 3.81. The van der Waals surface area contributed by atoms with Gasteiger partial charge in [0.25, 0.3) is 6.01 Å². The second kappa shape index (κ2) is 6.10. The third-order valence-electron chi connectivity index (χ3n) is 3.69. The molecule has 1 amide bonds. The number of benzene rings is 1. The molecule has 3 rings (SSSR count). The van der Waals surface area contributed by atoms with Crippen molar-refractivity contribution in [3.63, 3.8) is 0 Å². The molecular formula is C14H14F3N3O4. The van der Waals surface area contributed by atoms with Crippen molar-refractivity contribution in [1.82, 2.24) is 9.88 Å². The van der Waals surface area contributed by atoms with Crippen molar-refractivity contribution in [3.8, 4) is 5.75 Å². The number of likely N-dealkylation sites (tertiary alicyclic amines) is 1. The van der Waals surface area contributed by atoms with Crippen LogP contribution in [0.1, 0.15) is 12.8 Å². The van der Waals surface area contributed by atoms with Crippen LogP contribution in [0.3, 0.4) is 0 Å². The molecule has 0 radical (unpaired) electrons. The maximum atomic E-state index is 12.2. The van der Waals surface area contributed by atoms with Gasteiger partial charge in [-0.3, -0.25) is 0 Å². The lowest BCUT2D eigenvalue weighted by Crippen LogP contribution is -2.41. The molecule has 0 aliphatic carbocycles. The van der Waals surface area contributed by atoms with Gasteiger partial charge in [0.15, 0.2) is 5.58 Å². The molecule has 1 aliphatic heterocycles. The van der Waals surface area contributed by atoms with Gasteiger partial charge in [-0.05, 0) is 25.0 Å². The maximum absolute atomic E-state index is 12.2. The zero-order valence-electron chi connectivity index (χ0n) is 12.3. The fourth-order valence-corrected chi connectivity index (χ4v) is 2.56. The molecule has 1 saturated heterocycles. The van der Waals surface area contributed by atoms with Crippen molar-refractivity contribution < 1.29 is 32.2 Å². The van der Waals surface area contributed by atoms with E-state index in [0.717, 1.165) is 12.1 Å². The van der Waals surface area contributed by atoms with Crippen molar-refractivity contribution in [3.05, 3.63) is 18.2 Å². The van der Waals surface area contributed by atoms with E-state index in [-0.39, 0.29) is 23.3 Å². The maximum Gasteiger partial charge on any atom is 0.573 e. The van der Waals surface area contributed by atoms with Crippen molar-refractivity contribution in [2.75, 3.05) is 18.4 Å². The number of carbonyl (C=O) groups is 1. The van der Waals surface area contributed by atoms with Crippen LogP contribution in [0, 0.1) is 0 Å². The fraction of sp³-hybridized carbons (Fsp3) is 0.429. The number of nitrogens with zero attached hydrogens (tertiary/aromatic N) is 2. The number of carboxylic acid groups (broad SMARTS) is 1. The Morgan fingerprint density at radius 3 is 2.71 bits per heavy atom. The van der Waals surface area contributed by atoms with Crippen LogP contribution < -0.4 is 10.1 Å². The quantitative estimate of drug-likeness (QED) is 0.888. The monoisotopic (exact) mass is 345 g/mol. The normalized spacial score (nSPS) is 16.4. The molecule has 2 heterocycles. The topological polar surface area (TPSA) is 87.8 Å². The molecule has 2 aromatic rings. The van der Waals surface area contributed by atoms with E-state index in [1.54, 1.807) is 0 Å². The van der Waals surface area contributed by atoms with Crippen molar-refractivity contribution >= 4 is 23.2 Å². The van der Waals surface area contributed by atoms with Gasteiger partial charge in [-0.15, -0.1) is 13.2 Å². The Balaban J connectivity index is 1.67. The van der Waals surface area contributed by atoms with Crippen LogP contribution >= 0.6 is 0 Å².